The predicted octanol–water partition coefficient (Wildman–Crippen LogP) is 2.52. The molecule has 0 fully saturated rings. The minimum Gasteiger partial charge on any atom is -0.486 e. The SMILES string of the molecule is C[C@H](NC(=O)CSc1nnnn1Cc1cccs1)c1ccc2c(c1)OCCO2. The molecule has 2 aromatic heterocycles. The number of tetrazole rings is 1. The smallest absolute Gasteiger partial charge is 0.230 e. The van der Waals surface area contributed by atoms with E-state index in [0.717, 1.165) is 16.2 Å². The summed E-state index contributed by atoms with van der Waals surface area (Å²) in [5.74, 6) is 1.60. The van der Waals surface area contributed by atoms with Gasteiger partial charge in [-0.2, -0.15) is 0 Å². The number of hydrogen-bond acceptors (Lipinski definition) is 8. The summed E-state index contributed by atoms with van der Waals surface area (Å²) in [5, 5.41) is 17.4. The number of hydrogen-bond donors (Lipinski definition) is 1. The van der Waals surface area contributed by atoms with Gasteiger partial charge in [-0.1, -0.05) is 23.9 Å². The van der Waals surface area contributed by atoms with Crippen LogP contribution < -0.4 is 14.8 Å². The Morgan fingerprint density at radius 3 is 3.00 bits per heavy atom. The summed E-state index contributed by atoms with van der Waals surface area (Å²) in [4.78, 5) is 13.5. The zero-order chi connectivity index (χ0) is 19.3. The van der Waals surface area contributed by atoms with E-state index in [1.54, 1.807) is 16.0 Å². The second-order valence-corrected chi connectivity index (χ2v) is 8.15. The lowest BCUT2D eigenvalue weighted by Gasteiger charge is -2.21. The average molecular weight is 418 g/mol. The van der Waals surface area contributed by atoms with Crippen molar-refractivity contribution in [3.63, 3.8) is 0 Å². The second kappa shape index (κ2) is 8.61. The molecular formula is C18H19N5O3S2. The number of nitrogens with zero attached hydrogens (tertiary/aromatic N) is 4. The van der Waals surface area contributed by atoms with Gasteiger partial charge in [-0.3, -0.25) is 4.79 Å². The lowest BCUT2D eigenvalue weighted by molar-refractivity contribution is -0.119. The minimum absolute atomic E-state index is 0.0851. The number of thioether (sulfide) groups is 1. The molecule has 28 heavy (non-hydrogen) atoms. The normalized spacial score (nSPS) is 13.9. The molecule has 3 aromatic rings. The van der Waals surface area contributed by atoms with Crippen LogP contribution in [-0.2, 0) is 11.3 Å². The Balaban J connectivity index is 1.32. The molecule has 4 rings (SSSR count). The summed E-state index contributed by atoms with van der Waals surface area (Å²) in [6, 6.07) is 9.60. The molecule has 0 unspecified atom stereocenters. The van der Waals surface area contributed by atoms with Crippen molar-refractivity contribution in [3.8, 4) is 11.5 Å². The molecule has 1 amide bonds. The molecule has 1 aliphatic rings. The Bertz CT molecular complexity index is 945. The average Bonchev–Trinajstić information content (AvgIpc) is 3.38. The molecule has 0 saturated carbocycles. The van der Waals surface area contributed by atoms with Gasteiger partial charge in [-0.25, -0.2) is 4.68 Å². The molecule has 0 saturated heterocycles. The molecule has 1 aliphatic heterocycles. The molecule has 1 atom stereocenters. The first-order chi connectivity index (χ1) is 13.7. The van der Waals surface area contributed by atoms with Gasteiger partial charge in [0.15, 0.2) is 11.5 Å². The van der Waals surface area contributed by atoms with Gasteiger partial charge in [0.25, 0.3) is 0 Å². The Hall–Kier alpha value is -2.59. The van der Waals surface area contributed by atoms with E-state index in [0.29, 0.717) is 30.7 Å². The van der Waals surface area contributed by atoms with Gasteiger partial charge in [-0.05, 0) is 46.5 Å². The summed E-state index contributed by atoms with van der Waals surface area (Å²) in [7, 11) is 0. The third-order valence-corrected chi connectivity index (χ3v) is 5.98. The van der Waals surface area contributed by atoms with E-state index in [2.05, 4.69) is 20.8 Å². The number of benzene rings is 1. The standard InChI is InChI=1S/C18H19N5O3S2/c1-12(13-4-5-15-16(9-13)26-7-6-25-15)19-17(24)11-28-18-20-21-22-23(18)10-14-3-2-8-27-14/h2-5,8-9,12H,6-7,10-11H2,1H3,(H,19,24)/t12-/m0/s1. The Labute approximate surface area is 170 Å². The van der Waals surface area contributed by atoms with Crippen LogP contribution >= 0.6 is 23.1 Å². The van der Waals surface area contributed by atoms with E-state index in [9.17, 15) is 4.79 Å². The van der Waals surface area contributed by atoms with Crippen molar-refractivity contribution in [1.82, 2.24) is 25.5 Å². The number of thiophene rings is 1. The molecule has 0 spiro atoms. The Kier molecular flexibility index (Phi) is 5.77. The monoisotopic (exact) mass is 417 g/mol. The lowest BCUT2D eigenvalue weighted by atomic mass is 10.1. The van der Waals surface area contributed by atoms with Gasteiger partial charge in [0.1, 0.15) is 13.2 Å². The fourth-order valence-electron chi connectivity index (χ4n) is 2.78. The van der Waals surface area contributed by atoms with Crippen LogP contribution in [0.25, 0.3) is 0 Å². The van der Waals surface area contributed by atoms with Crippen molar-refractivity contribution in [1.29, 1.82) is 0 Å². The quantitative estimate of drug-likeness (QED) is 0.591. The maximum absolute atomic E-state index is 12.4. The van der Waals surface area contributed by atoms with E-state index < -0.39 is 0 Å². The van der Waals surface area contributed by atoms with Gasteiger partial charge < -0.3 is 14.8 Å². The first-order valence-electron chi connectivity index (χ1n) is 8.79. The number of amides is 1. The van der Waals surface area contributed by atoms with E-state index in [4.69, 9.17) is 9.47 Å². The third kappa shape index (κ3) is 4.45. The Morgan fingerprint density at radius 2 is 2.18 bits per heavy atom. The maximum atomic E-state index is 12.4. The predicted molar refractivity (Wildman–Crippen MR) is 106 cm³/mol. The number of aromatic nitrogens is 4. The fraction of sp³-hybridized carbons (Fsp3) is 0.333. The zero-order valence-electron chi connectivity index (χ0n) is 15.2. The van der Waals surface area contributed by atoms with E-state index in [-0.39, 0.29) is 17.7 Å². The minimum atomic E-state index is -0.147. The topological polar surface area (TPSA) is 91.2 Å². The van der Waals surface area contributed by atoms with Crippen molar-refractivity contribution in [2.75, 3.05) is 19.0 Å². The molecule has 1 N–H and O–H groups in total. The van der Waals surface area contributed by atoms with Gasteiger partial charge in [0.05, 0.1) is 18.3 Å². The molecule has 3 heterocycles. The number of rotatable bonds is 7. The molecule has 8 nitrogen and oxygen atoms in total. The molecule has 0 bridgehead atoms. The van der Waals surface area contributed by atoms with Gasteiger partial charge in [0, 0.05) is 4.88 Å². The zero-order valence-corrected chi connectivity index (χ0v) is 16.8. The molecular weight excluding hydrogens is 398 g/mol. The van der Waals surface area contributed by atoms with Gasteiger partial charge in [0.2, 0.25) is 11.1 Å². The van der Waals surface area contributed by atoms with Crippen LogP contribution in [0.2, 0.25) is 0 Å². The molecule has 0 radical (unpaired) electrons. The van der Waals surface area contributed by atoms with Crippen LogP contribution in [0, 0.1) is 0 Å². The number of fused-ring (bicyclic) bond motifs is 1. The van der Waals surface area contributed by atoms with Gasteiger partial charge in [-0.15, -0.1) is 16.4 Å². The van der Waals surface area contributed by atoms with Crippen molar-refractivity contribution >= 4 is 29.0 Å². The van der Waals surface area contributed by atoms with Crippen LogP contribution in [0.1, 0.15) is 23.4 Å². The number of carbonyl (C=O) groups excluding carboxylic acids is 1. The highest BCUT2D eigenvalue weighted by molar-refractivity contribution is 7.99. The van der Waals surface area contributed by atoms with Crippen molar-refractivity contribution in [2.24, 2.45) is 0 Å². The van der Waals surface area contributed by atoms with Crippen LogP contribution in [0.3, 0.4) is 0 Å². The number of nitrogens with one attached hydrogen (secondary N) is 1. The van der Waals surface area contributed by atoms with E-state index >= 15 is 0 Å². The summed E-state index contributed by atoms with van der Waals surface area (Å²) < 4.78 is 12.8. The lowest BCUT2D eigenvalue weighted by Crippen LogP contribution is -2.28. The highest BCUT2D eigenvalue weighted by Gasteiger charge is 2.17. The first kappa shape index (κ1) is 18.8. The largest absolute Gasteiger partial charge is 0.486 e. The van der Waals surface area contributed by atoms with E-state index in [1.165, 1.54) is 11.8 Å². The van der Waals surface area contributed by atoms with Crippen LogP contribution in [-0.4, -0.2) is 45.1 Å². The second-order valence-electron chi connectivity index (χ2n) is 6.18. The van der Waals surface area contributed by atoms with Crippen LogP contribution in [0.4, 0.5) is 0 Å². The van der Waals surface area contributed by atoms with Gasteiger partial charge >= 0.3 is 0 Å². The highest BCUT2D eigenvalue weighted by Crippen LogP contribution is 2.32. The van der Waals surface area contributed by atoms with E-state index in [1.807, 2.05) is 42.6 Å². The third-order valence-electron chi connectivity index (χ3n) is 4.16. The number of ether oxygens (including phenoxy) is 2. The van der Waals surface area contributed by atoms with Crippen molar-refractivity contribution in [2.45, 2.75) is 24.7 Å². The van der Waals surface area contributed by atoms with Crippen LogP contribution in [0.5, 0.6) is 11.5 Å². The maximum Gasteiger partial charge on any atom is 0.230 e. The highest BCUT2D eigenvalue weighted by atomic mass is 32.2. The summed E-state index contributed by atoms with van der Waals surface area (Å²) in [6.45, 7) is 3.63. The molecule has 0 aliphatic carbocycles. The molecule has 10 heteroatoms. The van der Waals surface area contributed by atoms with Crippen LogP contribution in [0.15, 0.2) is 40.9 Å². The Morgan fingerprint density at radius 1 is 1.32 bits per heavy atom. The molecule has 1 aromatic carbocycles. The summed E-state index contributed by atoms with van der Waals surface area (Å²) in [5.41, 5.74) is 0.963. The summed E-state index contributed by atoms with van der Waals surface area (Å²) in [6.07, 6.45) is 0. The molecule has 146 valence electrons. The van der Waals surface area contributed by atoms with Crippen molar-refractivity contribution < 1.29 is 14.3 Å². The number of carbonyl (C=O) groups is 1. The fourth-order valence-corrected chi connectivity index (χ4v) is 4.15. The first-order valence-corrected chi connectivity index (χ1v) is 10.7. The van der Waals surface area contributed by atoms with Crippen molar-refractivity contribution in [3.05, 3.63) is 46.2 Å². The summed E-state index contributed by atoms with van der Waals surface area (Å²) >= 11 is 2.96.